The van der Waals surface area contributed by atoms with Gasteiger partial charge in [0, 0.05) is 36.2 Å². The largest absolute Gasteiger partial charge is 0.493 e. The van der Waals surface area contributed by atoms with Crippen LogP contribution in [0.4, 0.5) is 0 Å². The maximum absolute atomic E-state index is 11.4. The minimum atomic E-state index is -0.352. The molecule has 2 aromatic carbocycles. The maximum Gasteiger partial charge on any atom is 0.336 e. The summed E-state index contributed by atoms with van der Waals surface area (Å²) in [6, 6.07) is 13.0. The second-order valence-corrected chi connectivity index (χ2v) is 6.52. The van der Waals surface area contributed by atoms with E-state index in [-0.39, 0.29) is 5.63 Å². The number of nitrogens with zero attached hydrogens (tertiary/aromatic N) is 1. The van der Waals surface area contributed by atoms with Crippen LogP contribution in [-0.2, 0) is 13.0 Å². The Kier molecular flexibility index (Phi) is 4.73. The Morgan fingerprint density at radius 3 is 2.70 bits per heavy atom. The Labute approximate surface area is 156 Å². The summed E-state index contributed by atoms with van der Waals surface area (Å²) in [6.45, 7) is 2.15. The van der Waals surface area contributed by atoms with Crippen molar-refractivity contribution in [2.45, 2.75) is 13.0 Å². The van der Waals surface area contributed by atoms with Gasteiger partial charge >= 0.3 is 5.63 Å². The molecule has 0 aliphatic carbocycles. The SMILES string of the molecule is COc1ccc(CCN2COc3cc4oc(=O)ccc4cc3C2)cc1OC. The predicted molar refractivity (Wildman–Crippen MR) is 102 cm³/mol. The van der Waals surface area contributed by atoms with Gasteiger partial charge in [0.1, 0.15) is 18.1 Å². The zero-order chi connectivity index (χ0) is 18.8. The topological polar surface area (TPSA) is 61.1 Å². The summed E-state index contributed by atoms with van der Waals surface area (Å²) in [7, 11) is 3.28. The Morgan fingerprint density at radius 2 is 1.89 bits per heavy atom. The molecule has 4 rings (SSSR count). The lowest BCUT2D eigenvalue weighted by molar-refractivity contribution is 0.0966. The summed E-state index contributed by atoms with van der Waals surface area (Å²) in [4.78, 5) is 13.6. The molecule has 1 aliphatic heterocycles. The average Bonchev–Trinajstić information content (AvgIpc) is 2.70. The molecular formula is C21H21NO5. The second kappa shape index (κ2) is 7.32. The molecule has 0 saturated heterocycles. The van der Waals surface area contributed by atoms with Crippen LogP contribution in [-0.4, -0.2) is 32.4 Å². The third kappa shape index (κ3) is 3.61. The monoisotopic (exact) mass is 367 g/mol. The molecule has 27 heavy (non-hydrogen) atoms. The lowest BCUT2D eigenvalue weighted by Crippen LogP contribution is -2.33. The molecule has 2 heterocycles. The van der Waals surface area contributed by atoms with Crippen molar-refractivity contribution in [3.8, 4) is 17.2 Å². The van der Waals surface area contributed by atoms with Crippen LogP contribution in [0.15, 0.2) is 51.7 Å². The summed E-state index contributed by atoms with van der Waals surface area (Å²) in [6.07, 6.45) is 0.876. The summed E-state index contributed by atoms with van der Waals surface area (Å²) < 4.78 is 21.8. The molecule has 0 saturated carbocycles. The number of fused-ring (bicyclic) bond motifs is 2. The minimum absolute atomic E-state index is 0.352. The van der Waals surface area contributed by atoms with Crippen LogP contribution >= 0.6 is 0 Å². The van der Waals surface area contributed by atoms with Gasteiger partial charge < -0.3 is 18.6 Å². The molecule has 6 heteroatoms. The zero-order valence-electron chi connectivity index (χ0n) is 15.4. The zero-order valence-corrected chi connectivity index (χ0v) is 15.4. The Bertz CT molecular complexity index is 1030. The lowest BCUT2D eigenvalue weighted by Gasteiger charge is -2.29. The summed E-state index contributed by atoms with van der Waals surface area (Å²) in [5.41, 5.74) is 2.48. The van der Waals surface area contributed by atoms with Gasteiger partial charge in [-0.25, -0.2) is 4.79 Å². The predicted octanol–water partition coefficient (Wildman–Crippen LogP) is 3.20. The minimum Gasteiger partial charge on any atom is -0.493 e. The van der Waals surface area contributed by atoms with Gasteiger partial charge in [0.05, 0.1) is 14.2 Å². The van der Waals surface area contributed by atoms with Gasteiger partial charge in [-0.15, -0.1) is 0 Å². The van der Waals surface area contributed by atoms with Gasteiger partial charge in [0.2, 0.25) is 0 Å². The van der Waals surface area contributed by atoms with E-state index in [4.69, 9.17) is 18.6 Å². The van der Waals surface area contributed by atoms with Crippen molar-refractivity contribution in [1.82, 2.24) is 4.90 Å². The molecule has 0 spiro atoms. The highest BCUT2D eigenvalue weighted by Gasteiger charge is 2.19. The number of rotatable bonds is 5. The molecule has 3 aromatic rings. The van der Waals surface area contributed by atoms with Gasteiger partial charge in [0.15, 0.2) is 11.5 Å². The Hall–Kier alpha value is -2.99. The fourth-order valence-electron chi connectivity index (χ4n) is 3.32. The van der Waals surface area contributed by atoms with Crippen LogP contribution in [0.2, 0.25) is 0 Å². The van der Waals surface area contributed by atoms with Gasteiger partial charge in [-0.05, 0) is 36.2 Å². The highest BCUT2D eigenvalue weighted by molar-refractivity contribution is 5.79. The summed E-state index contributed by atoms with van der Waals surface area (Å²) in [5, 5.41) is 0.902. The lowest BCUT2D eigenvalue weighted by atomic mass is 10.1. The maximum atomic E-state index is 11.4. The van der Waals surface area contributed by atoms with Crippen LogP contribution in [0, 0.1) is 0 Å². The normalized spacial score (nSPS) is 13.9. The Morgan fingerprint density at radius 1 is 1.04 bits per heavy atom. The Balaban J connectivity index is 1.47. The first-order chi connectivity index (χ1) is 13.2. The first kappa shape index (κ1) is 17.4. The van der Waals surface area contributed by atoms with Crippen molar-refractivity contribution in [3.63, 3.8) is 0 Å². The van der Waals surface area contributed by atoms with Crippen molar-refractivity contribution >= 4 is 11.0 Å². The number of benzene rings is 2. The van der Waals surface area contributed by atoms with Crippen molar-refractivity contribution in [1.29, 1.82) is 0 Å². The van der Waals surface area contributed by atoms with Crippen molar-refractivity contribution in [2.75, 3.05) is 27.5 Å². The molecule has 0 fully saturated rings. The molecular weight excluding hydrogens is 346 g/mol. The van der Waals surface area contributed by atoms with Gasteiger partial charge in [0.25, 0.3) is 0 Å². The van der Waals surface area contributed by atoms with E-state index in [2.05, 4.69) is 11.0 Å². The summed E-state index contributed by atoms with van der Waals surface area (Å²) >= 11 is 0. The first-order valence-corrected chi connectivity index (χ1v) is 8.79. The number of ether oxygens (including phenoxy) is 3. The van der Waals surface area contributed by atoms with Crippen molar-refractivity contribution in [2.24, 2.45) is 0 Å². The van der Waals surface area contributed by atoms with E-state index in [1.54, 1.807) is 26.4 Å². The van der Waals surface area contributed by atoms with E-state index >= 15 is 0 Å². The molecule has 1 aliphatic rings. The average molecular weight is 367 g/mol. The van der Waals surface area contributed by atoms with Gasteiger partial charge in [-0.1, -0.05) is 6.07 Å². The number of methoxy groups -OCH3 is 2. The third-order valence-electron chi connectivity index (χ3n) is 4.76. The molecule has 0 atom stereocenters. The van der Waals surface area contributed by atoms with E-state index in [0.29, 0.717) is 12.3 Å². The number of hydrogen-bond donors (Lipinski definition) is 0. The van der Waals surface area contributed by atoms with Crippen LogP contribution in [0.25, 0.3) is 11.0 Å². The smallest absolute Gasteiger partial charge is 0.336 e. The standard InChI is InChI=1S/C21H21NO5/c1-24-17-5-3-14(9-20(17)25-2)7-8-22-12-16-10-15-4-6-21(23)27-19(15)11-18(16)26-13-22/h3-6,9-11H,7-8,12-13H2,1-2H3. The van der Waals surface area contributed by atoms with Gasteiger partial charge in [-0.3, -0.25) is 4.90 Å². The van der Waals surface area contributed by atoms with Crippen molar-refractivity contribution in [3.05, 3.63) is 64.0 Å². The molecule has 1 aromatic heterocycles. The molecule has 0 unspecified atom stereocenters. The molecule has 140 valence electrons. The van der Waals surface area contributed by atoms with Crippen LogP contribution in [0.5, 0.6) is 17.2 Å². The fourth-order valence-corrected chi connectivity index (χ4v) is 3.32. The van der Waals surface area contributed by atoms with Crippen LogP contribution in [0.3, 0.4) is 0 Å². The molecule has 6 nitrogen and oxygen atoms in total. The van der Waals surface area contributed by atoms with Crippen molar-refractivity contribution < 1.29 is 18.6 Å². The van der Waals surface area contributed by atoms with E-state index in [1.807, 2.05) is 18.2 Å². The molecule has 0 bridgehead atoms. The second-order valence-electron chi connectivity index (χ2n) is 6.52. The van der Waals surface area contributed by atoms with E-state index < -0.39 is 0 Å². The fraction of sp³-hybridized carbons (Fsp3) is 0.286. The van der Waals surface area contributed by atoms with Crippen LogP contribution < -0.4 is 19.8 Å². The highest BCUT2D eigenvalue weighted by atomic mass is 16.5. The quantitative estimate of drug-likeness (QED) is 0.646. The van der Waals surface area contributed by atoms with E-state index in [1.165, 1.54) is 11.6 Å². The molecule has 0 amide bonds. The highest BCUT2D eigenvalue weighted by Crippen LogP contribution is 2.30. The van der Waals surface area contributed by atoms with E-state index in [9.17, 15) is 4.79 Å². The third-order valence-corrected chi connectivity index (χ3v) is 4.76. The first-order valence-electron chi connectivity index (χ1n) is 8.79. The summed E-state index contributed by atoms with van der Waals surface area (Å²) in [5.74, 6) is 2.25. The number of hydrogen-bond acceptors (Lipinski definition) is 6. The van der Waals surface area contributed by atoms with Gasteiger partial charge in [-0.2, -0.15) is 0 Å². The molecule has 0 N–H and O–H groups in total. The molecule has 0 radical (unpaired) electrons. The van der Waals surface area contributed by atoms with Crippen LogP contribution in [0.1, 0.15) is 11.1 Å². The van der Waals surface area contributed by atoms with E-state index in [0.717, 1.165) is 47.7 Å².